The van der Waals surface area contributed by atoms with Gasteiger partial charge in [-0.25, -0.2) is 0 Å². The van der Waals surface area contributed by atoms with E-state index < -0.39 is 8.32 Å². The average Bonchev–Trinajstić information content (AvgIpc) is 3.21. The maximum Gasteiger partial charge on any atom is 0.192 e. The molecule has 3 nitrogen and oxygen atoms in total. The summed E-state index contributed by atoms with van der Waals surface area (Å²) in [7, 11) is -1.78. The smallest absolute Gasteiger partial charge is 0.192 e. The molecular weight excluding hydrogens is 328 g/mol. The predicted molar refractivity (Wildman–Crippen MR) is 105 cm³/mol. The Morgan fingerprint density at radius 1 is 1.12 bits per heavy atom. The van der Waals surface area contributed by atoms with Gasteiger partial charge in [0, 0.05) is 12.5 Å². The number of hydrogen-bond acceptors (Lipinski definition) is 3. The van der Waals surface area contributed by atoms with Crippen LogP contribution in [0.25, 0.3) is 0 Å². The van der Waals surface area contributed by atoms with Crippen molar-refractivity contribution in [1.82, 2.24) is 0 Å². The molecule has 3 rings (SSSR count). The fraction of sp³-hybridized carbons (Fsp3) is 1.00. The summed E-state index contributed by atoms with van der Waals surface area (Å²) in [5.41, 5.74) is 0.302. The van der Waals surface area contributed by atoms with Crippen molar-refractivity contribution < 1.29 is 14.3 Å². The number of epoxide rings is 1. The number of aliphatic hydroxyl groups is 1. The molecule has 0 aromatic rings. The molecule has 0 amide bonds. The molecule has 1 heterocycles. The maximum atomic E-state index is 10.2. The molecule has 0 radical (unpaired) electrons. The molecular formula is C21H40O3Si. The number of ether oxygens (including phenoxy) is 1. The Morgan fingerprint density at radius 2 is 1.72 bits per heavy atom. The first-order chi connectivity index (χ1) is 11.3. The summed E-state index contributed by atoms with van der Waals surface area (Å²) in [6.07, 6.45) is 4.90. The van der Waals surface area contributed by atoms with E-state index >= 15 is 0 Å². The zero-order chi connectivity index (χ0) is 18.9. The van der Waals surface area contributed by atoms with Gasteiger partial charge in [0.05, 0.1) is 18.3 Å². The van der Waals surface area contributed by atoms with Crippen molar-refractivity contribution in [2.75, 3.05) is 13.2 Å². The van der Waals surface area contributed by atoms with Crippen LogP contribution in [-0.2, 0) is 9.16 Å². The van der Waals surface area contributed by atoms with E-state index in [0.29, 0.717) is 12.0 Å². The summed E-state index contributed by atoms with van der Waals surface area (Å²) in [5.74, 6) is 0.877. The first kappa shape index (κ1) is 19.8. The van der Waals surface area contributed by atoms with E-state index in [-0.39, 0.29) is 34.0 Å². The van der Waals surface area contributed by atoms with Crippen LogP contribution in [0, 0.1) is 22.7 Å². The molecule has 0 aromatic heterocycles. The van der Waals surface area contributed by atoms with Gasteiger partial charge in [-0.05, 0) is 60.6 Å². The molecule has 0 bridgehead atoms. The normalized spacial score (nSPS) is 43.8. The minimum Gasteiger partial charge on any atom is -0.413 e. The van der Waals surface area contributed by atoms with E-state index in [0.717, 1.165) is 25.9 Å². The molecule has 146 valence electrons. The molecule has 2 saturated carbocycles. The quantitative estimate of drug-likeness (QED) is 0.563. The fourth-order valence-corrected chi connectivity index (χ4v) is 7.39. The number of rotatable bonds is 3. The first-order valence-corrected chi connectivity index (χ1v) is 13.1. The monoisotopic (exact) mass is 368 g/mol. The van der Waals surface area contributed by atoms with Gasteiger partial charge in [-0.15, -0.1) is 0 Å². The Hall–Kier alpha value is 0.0969. The minimum absolute atomic E-state index is 0.0107. The van der Waals surface area contributed by atoms with Gasteiger partial charge >= 0.3 is 0 Å². The predicted octanol–water partition coefficient (Wildman–Crippen LogP) is 4.99. The van der Waals surface area contributed by atoms with E-state index in [1.165, 1.54) is 6.42 Å². The Bertz CT molecular complexity index is 518. The molecule has 0 aromatic carbocycles. The molecule has 3 aliphatic rings. The fourth-order valence-electron chi connectivity index (χ4n) is 5.90. The molecule has 4 heteroatoms. The molecule has 3 fully saturated rings. The highest BCUT2D eigenvalue weighted by Crippen LogP contribution is 2.65. The zero-order valence-corrected chi connectivity index (χ0v) is 18.7. The average molecular weight is 369 g/mol. The van der Waals surface area contributed by atoms with E-state index in [2.05, 4.69) is 54.6 Å². The van der Waals surface area contributed by atoms with Gasteiger partial charge in [0.15, 0.2) is 8.32 Å². The van der Waals surface area contributed by atoms with Crippen LogP contribution >= 0.6 is 0 Å². The standard InChI is InChI=1S/C21H40O3Si/c1-18(2,3)25(7,8)24-17-10-11-20(6)15(19(17,4)5)9-12-21(14-23-21)16(20)13-22/h15-17,22H,9-14H2,1-8H3/t15-,16+,17-,20-,21-/m0/s1. The third kappa shape index (κ3) is 2.96. The van der Waals surface area contributed by atoms with Gasteiger partial charge in [-0.1, -0.05) is 41.5 Å². The SMILES string of the molecule is CC1(C)[C@@H](O[Si](C)(C)C(C)(C)C)CC[C@@]2(C)[C@H]1CC[C@]1(CO1)[C@@H]2CO. The van der Waals surface area contributed by atoms with Crippen LogP contribution < -0.4 is 0 Å². The third-order valence-corrected chi connectivity index (χ3v) is 13.2. The summed E-state index contributed by atoms with van der Waals surface area (Å²) in [6, 6.07) is 0. The van der Waals surface area contributed by atoms with Crippen LogP contribution in [0.4, 0.5) is 0 Å². The summed E-state index contributed by atoms with van der Waals surface area (Å²) < 4.78 is 12.8. The van der Waals surface area contributed by atoms with Crippen molar-refractivity contribution in [3.8, 4) is 0 Å². The van der Waals surface area contributed by atoms with Crippen molar-refractivity contribution in [1.29, 1.82) is 0 Å². The van der Waals surface area contributed by atoms with Crippen LogP contribution in [0.3, 0.4) is 0 Å². The zero-order valence-electron chi connectivity index (χ0n) is 17.7. The van der Waals surface area contributed by atoms with Gasteiger partial charge in [-0.3, -0.25) is 0 Å². The van der Waals surface area contributed by atoms with E-state index in [1.54, 1.807) is 0 Å². The summed E-state index contributed by atoms with van der Waals surface area (Å²) >= 11 is 0. The first-order valence-electron chi connectivity index (χ1n) is 10.2. The molecule has 1 aliphatic heterocycles. The number of fused-ring (bicyclic) bond motifs is 1. The molecule has 1 saturated heterocycles. The molecule has 5 atom stereocenters. The summed E-state index contributed by atoms with van der Waals surface area (Å²) in [4.78, 5) is 0. The van der Waals surface area contributed by atoms with Gasteiger partial charge in [0.2, 0.25) is 0 Å². The highest BCUT2D eigenvalue weighted by atomic mass is 28.4. The second-order valence-corrected chi connectivity index (χ2v) is 16.2. The Labute approximate surface area is 156 Å². The maximum absolute atomic E-state index is 10.2. The van der Waals surface area contributed by atoms with Gasteiger partial charge < -0.3 is 14.3 Å². The summed E-state index contributed by atoms with van der Waals surface area (Å²) in [5, 5.41) is 10.4. The van der Waals surface area contributed by atoms with Crippen LogP contribution in [0.1, 0.15) is 67.2 Å². The van der Waals surface area contributed by atoms with Crippen LogP contribution in [0.15, 0.2) is 0 Å². The molecule has 2 aliphatic carbocycles. The Morgan fingerprint density at radius 3 is 2.20 bits per heavy atom. The summed E-state index contributed by atoms with van der Waals surface area (Å²) in [6.45, 7) is 20.1. The van der Waals surface area contributed by atoms with Crippen LogP contribution in [0.2, 0.25) is 18.1 Å². The second kappa shape index (κ2) is 5.80. The van der Waals surface area contributed by atoms with E-state index in [4.69, 9.17) is 9.16 Å². The lowest BCUT2D eigenvalue weighted by atomic mass is 9.46. The van der Waals surface area contributed by atoms with Crippen molar-refractivity contribution in [2.24, 2.45) is 22.7 Å². The number of aliphatic hydroxyl groups excluding tert-OH is 1. The highest BCUT2D eigenvalue weighted by molar-refractivity contribution is 6.74. The number of hydrogen-bond donors (Lipinski definition) is 1. The largest absolute Gasteiger partial charge is 0.413 e. The van der Waals surface area contributed by atoms with Crippen molar-refractivity contribution in [3.63, 3.8) is 0 Å². The third-order valence-electron chi connectivity index (χ3n) is 8.70. The van der Waals surface area contributed by atoms with Crippen LogP contribution in [-0.4, -0.2) is 38.3 Å². The lowest BCUT2D eigenvalue weighted by Crippen LogP contribution is -2.61. The molecule has 1 spiro atoms. The van der Waals surface area contributed by atoms with Gasteiger partial charge in [-0.2, -0.15) is 0 Å². The Kier molecular flexibility index (Phi) is 4.60. The van der Waals surface area contributed by atoms with E-state index in [1.807, 2.05) is 0 Å². The molecule has 0 unspecified atom stereocenters. The lowest BCUT2D eigenvalue weighted by molar-refractivity contribution is -0.158. The highest BCUT2D eigenvalue weighted by Gasteiger charge is 2.66. The van der Waals surface area contributed by atoms with Crippen molar-refractivity contribution in [3.05, 3.63) is 0 Å². The minimum atomic E-state index is -1.78. The van der Waals surface area contributed by atoms with E-state index in [9.17, 15) is 5.11 Å². The van der Waals surface area contributed by atoms with Crippen LogP contribution in [0.5, 0.6) is 0 Å². The Balaban J connectivity index is 1.85. The molecule has 1 N–H and O–H groups in total. The second-order valence-electron chi connectivity index (χ2n) is 11.4. The topological polar surface area (TPSA) is 42.0 Å². The lowest BCUT2D eigenvalue weighted by Gasteiger charge is -2.61. The van der Waals surface area contributed by atoms with Crippen molar-refractivity contribution in [2.45, 2.75) is 97.1 Å². The van der Waals surface area contributed by atoms with Crippen molar-refractivity contribution >= 4 is 8.32 Å². The molecule has 25 heavy (non-hydrogen) atoms. The van der Waals surface area contributed by atoms with Gasteiger partial charge in [0.1, 0.15) is 0 Å². The van der Waals surface area contributed by atoms with Gasteiger partial charge in [0.25, 0.3) is 0 Å².